The van der Waals surface area contributed by atoms with Gasteiger partial charge in [0.25, 0.3) is 0 Å². The lowest BCUT2D eigenvalue weighted by atomic mass is 10.2. The van der Waals surface area contributed by atoms with E-state index in [0.717, 1.165) is 0 Å². The molecule has 0 heterocycles. The zero-order valence-corrected chi connectivity index (χ0v) is 7.45. The van der Waals surface area contributed by atoms with Crippen LogP contribution in [-0.4, -0.2) is 5.91 Å². The monoisotopic (exact) mass is 173 g/mol. The van der Waals surface area contributed by atoms with Gasteiger partial charge in [0.2, 0.25) is 5.91 Å². The van der Waals surface area contributed by atoms with Gasteiger partial charge in [-0.2, -0.15) is 0 Å². The van der Waals surface area contributed by atoms with Crippen molar-refractivity contribution >= 4 is 5.91 Å². The van der Waals surface area contributed by atoms with Crippen molar-refractivity contribution in [1.29, 1.82) is 0 Å². The quantitative estimate of drug-likeness (QED) is 0.651. The Morgan fingerprint density at radius 3 is 2.15 bits per heavy atom. The smallest absolute Gasteiger partial charge is 0.232 e. The number of terminal acetylenes is 1. The summed E-state index contributed by atoms with van der Waals surface area (Å²) >= 11 is 0. The number of fused-ring (bicyclic) bond motifs is 1. The lowest BCUT2D eigenvalue weighted by molar-refractivity contribution is -0.119. The second kappa shape index (κ2) is 3.77. The van der Waals surface area contributed by atoms with Gasteiger partial charge in [0.05, 0.1) is 5.92 Å². The lowest BCUT2D eigenvalue weighted by Gasteiger charge is -1.90. The highest BCUT2D eigenvalue weighted by Gasteiger charge is 2.06. The van der Waals surface area contributed by atoms with Crippen molar-refractivity contribution in [1.82, 2.24) is 0 Å². The van der Waals surface area contributed by atoms with E-state index in [1.807, 2.05) is 0 Å². The molecule has 2 aliphatic rings. The minimum Gasteiger partial charge on any atom is -0.369 e. The Morgan fingerprint density at radius 2 is 2.08 bits per heavy atom. The van der Waals surface area contributed by atoms with Gasteiger partial charge in [-0.25, -0.2) is 0 Å². The van der Waals surface area contributed by atoms with Crippen LogP contribution in [0.5, 0.6) is 0 Å². The summed E-state index contributed by atoms with van der Waals surface area (Å²) in [7, 11) is 0. The zero-order chi connectivity index (χ0) is 9.84. The number of hydrogen-bond acceptors (Lipinski definition) is 1. The molecule has 2 nitrogen and oxygen atoms in total. The normalized spacial score (nSPS) is 11.7. The van der Waals surface area contributed by atoms with Crippen LogP contribution in [0.25, 0.3) is 11.1 Å². The van der Waals surface area contributed by atoms with Gasteiger partial charge in [0.15, 0.2) is 0 Å². The van der Waals surface area contributed by atoms with Crippen molar-refractivity contribution in [3.8, 4) is 23.5 Å². The maximum Gasteiger partial charge on any atom is 0.232 e. The highest BCUT2D eigenvalue weighted by Crippen LogP contribution is 2.32. The summed E-state index contributed by atoms with van der Waals surface area (Å²) < 4.78 is 0. The van der Waals surface area contributed by atoms with E-state index in [0.29, 0.717) is 0 Å². The Labute approximate surface area is 77.8 Å². The molecule has 2 rings (SSSR count). The van der Waals surface area contributed by atoms with Gasteiger partial charge in [0, 0.05) is 0 Å². The van der Waals surface area contributed by atoms with Gasteiger partial charge >= 0.3 is 0 Å². The van der Waals surface area contributed by atoms with Crippen molar-refractivity contribution < 1.29 is 4.79 Å². The third-order valence-corrected chi connectivity index (χ3v) is 1.79. The first kappa shape index (κ1) is 9.34. The van der Waals surface area contributed by atoms with Crippen LogP contribution in [0.3, 0.4) is 0 Å². The maximum atomic E-state index is 10.0. The van der Waals surface area contributed by atoms with E-state index >= 15 is 0 Å². The average Bonchev–Trinajstić information content (AvgIpc) is 2.73. The minimum atomic E-state index is -0.442. The first-order chi connectivity index (χ1) is 6.15. The molecule has 66 valence electrons. The number of nitrogens with two attached hydrogens (primary N) is 1. The molecule has 1 unspecified atom stereocenters. The summed E-state index contributed by atoms with van der Waals surface area (Å²) in [4.78, 5) is 10.0. The molecular weight excluding hydrogens is 162 g/mol. The Balaban J connectivity index is 0.000000130. The van der Waals surface area contributed by atoms with Gasteiger partial charge < -0.3 is 5.73 Å². The average molecular weight is 173 g/mol. The van der Waals surface area contributed by atoms with E-state index in [1.165, 1.54) is 11.1 Å². The molecule has 2 heteroatoms. The van der Waals surface area contributed by atoms with E-state index < -0.39 is 11.8 Å². The topological polar surface area (TPSA) is 43.1 Å². The molecule has 1 amide bonds. The summed E-state index contributed by atoms with van der Waals surface area (Å²) in [6.07, 6.45) is 4.82. The van der Waals surface area contributed by atoms with Crippen molar-refractivity contribution in [2.75, 3.05) is 0 Å². The van der Waals surface area contributed by atoms with Crippen LogP contribution in [0.1, 0.15) is 6.92 Å². The van der Waals surface area contributed by atoms with E-state index in [2.05, 4.69) is 30.2 Å². The molecule has 0 radical (unpaired) electrons. The number of carbonyl (C=O) groups excluding carboxylic acids is 1. The number of primary amides is 1. The SMILES string of the molecule is C#CC(C)C(N)=O.c1cc2cc-2c1. The molecule has 13 heavy (non-hydrogen) atoms. The van der Waals surface area contributed by atoms with Crippen molar-refractivity contribution in [2.45, 2.75) is 6.92 Å². The van der Waals surface area contributed by atoms with Gasteiger partial charge in [-0.15, -0.1) is 6.42 Å². The van der Waals surface area contributed by atoms with E-state index in [9.17, 15) is 4.79 Å². The number of carbonyl (C=O) groups is 1. The van der Waals surface area contributed by atoms with Gasteiger partial charge in [-0.3, -0.25) is 4.79 Å². The summed E-state index contributed by atoms with van der Waals surface area (Å²) in [6, 6.07) is 8.48. The third-order valence-electron chi connectivity index (χ3n) is 1.79. The van der Waals surface area contributed by atoms with Crippen molar-refractivity contribution in [3.05, 3.63) is 24.3 Å². The summed E-state index contributed by atoms with van der Waals surface area (Å²) in [5, 5.41) is 0. The Bertz CT molecular complexity index is 345. The fourth-order valence-corrected chi connectivity index (χ4v) is 0.758. The van der Waals surface area contributed by atoms with Gasteiger partial charge in [-0.1, -0.05) is 24.1 Å². The largest absolute Gasteiger partial charge is 0.369 e. The third kappa shape index (κ3) is 2.64. The van der Waals surface area contributed by atoms with Crippen LogP contribution in [0.2, 0.25) is 0 Å². The molecule has 0 saturated heterocycles. The Morgan fingerprint density at radius 1 is 1.54 bits per heavy atom. The molecule has 2 N–H and O–H groups in total. The number of benzene rings is 1. The number of amides is 1. The molecule has 0 aromatic heterocycles. The molecule has 0 aromatic carbocycles. The molecule has 2 aliphatic carbocycles. The van der Waals surface area contributed by atoms with Crippen LogP contribution in [0, 0.1) is 18.3 Å². The Hall–Kier alpha value is -1.75. The van der Waals surface area contributed by atoms with Crippen LogP contribution in [-0.2, 0) is 4.79 Å². The highest BCUT2D eigenvalue weighted by molar-refractivity contribution is 5.80. The highest BCUT2D eigenvalue weighted by atomic mass is 16.1. The lowest BCUT2D eigenvalue weighted by Crippen LogP contribution is -2.18. The second-order valence-corrected chi connectivity index (χ2v) is 2.87. The summed E-state index contributed by atoms with van der Waals surface area (Å²) in [6.45, 7) is 1.59. The first-order valence-corrected chi connectivity index (χ1v) is 4.01. The predicted molar refractivity (Wildman–Crippen MR) is 52.6 cm³/mol. The zero-order valence-electron chi connectivity index (χ0n) is 7.45. The van der Waals surface area contributed by atoms with E-state index in [4.69, 9.17) is 12.2 Å². The molecule has 0 bridgehead atoms. The molecule has 0 spiro atoms. The second-order valence-electron chi connectivity index (χ2n) is 2.87. The van der Waals surface area contributed by atoms with E-state index in [-0.39, 0.29) is 0 Å². The Kier molecular flexibility index (Phi) is 2.71. The van der Waals surface area contributed by atoms with Crippen LogP contribution < -0.4 is 5.73 Å². The summed E-state index contributed by atoms with van der Waals surface area (Å²) in [5.74, 6) is 1.32. The van der Waals surface area contributed by atoms with Crippen LogP contribution >= 0.6 is 0 Å². The molecule has 1 atom stereocenters. The maximum absolute atomic E-state index is 10.0. The van der Waals surface area contributed by atoms with Crippen LogP contribution in [0.4, 0.5) is 0 Å². The molecule has 0 aromatic rings. The van der Waals surface area contributed by atoms with Crippen molar-refractivity contribution in [2.24, 2.45) is 11.7 Å². The van der Waals surface area contributed by atoms with Gasteiger partial charge in [0.1, 0.15) is 0 Å². The molecular formula is C11H11NO. The standard InChI is InChI=1S/C6H4.C5H7NO/c1-2-5-4-6(5)3-1;1-3-4(2)5(6)7/h1-4H;1,4H,2H3,(H2,6,7). The number of hydrogen-bond donors (Lipinski definition) is 1. The fourth-order valence-electron chi connectivity index (χ4n) is 0.758. The minimum absolute atomic E-state index is 0.431. The first-order valence-electron chi connectivity index (χ1n) is 4.01. The van der Waals surface area contributed by atoms with Gasteiger partial charge in [-0.05, 0) is 24.1 Å². The van der Waals surface area contributed by atoms with Crippen LogP contribution in [0.15, 0.2) is 24.3 Å². The number of rotatable bonds is 1. The molecule has 0 saturated carbocycles. The van der Waals surface area contributed by atoms with Crippen molar-refractivity contribution in [3.63, 3.8) is 0 Å². The summed E-state index contributed by atoms with van der Waals surface area (Å²) in [5.41, 5.74) is 7.62. The van der Waals surface area contributed by atoms with E-state index in [1.54, 1.807) is 6.92 Å². The predicted octanol–water partition coefficient (Wildman–Crippen LogP) is 1.41. The molecule has 0 fully saturated rings. The molecule has 0 aliphatic heterocycles. The fraction of sp³-hybridized carbons (Fsp3) is 0.182.